The highest BCUT2D eigenvalue weighted by Gasteiger charge is 2.29. The SMILES string of the molecule is CSCCC(NC(=O)CN)C(=O)NC(CCCCN)C(=O)NC(CCSC)C(=O)NCC(=O)NC(CCCNC(=N)N)C(=O)O. The Hall–Kier alpha value is -3.29. The van der Waals surface area contributed by atoms with Gasteiger partial charge < -0.3 is 54.2 Å². The molecule has 0 aliphatic rings. The number of hydrogen-bond acceptors (Lipinski definition) is 11. The minimum absolute atomic E-state index is 0.0625. The second kappa shape index (κ2) is 25.0. The lowest BCUT2D eigenvalue weighted by Crippen LogP contribution is -2.57. The van der Waals surface area contributed by atoms with E-state index in [4.69, 9.17) is 22.6 Å². The molecule has 0 saturated carbocycles. The Bertz CT molecular complexity index is 976. The van der Waals surface area contributed by atoms with E-state index >= 15 is 0 Å². The molecule has 17 nitrogen and oxygen atoms in total. The Morgan fingerprint density at radius 1 is 0.689 bits per heavy atom. The van der Waals surface area contributed by atoms with Crippen LogP contribution in [0.15, 0.2) is 0 Å². The second-order valence-corrected chi connectivity index (χ2v) is 11.9. The van der Waals surface area contributed by atoms with E-state index in [1.165, 1.54) is 23.5 Å². The number of unbranched alkanes of at least 4 members (excludes halogenated alkanes) is 1. The van der Waals surface area contributed by atoms with Crippen molar-refractivity contribution in [1.29, 1.82) is 5.41 Å². The van der Waals surface area contributed by atoms with Crippen LogP contribution < -0.4 is 49.1 Å². The van der Waals surface area contributed by atoms with Crippen LogP contribution in [-0.2, 0) is 28.8 Å². The van der Waals surface area contributed by atoms with Crippen LogP contribution in [0.2, 0.25) is 0 Å². The Morgan fingerprint density at radius 2 is 1.20 bits per heavy atom. The third-order valence-corrected chi connectivity index (χ3v) is 7.60. The van der Waals surface area contributed by atoms with Crippen molar-refractivity contribution in [3.8, 4) is 0 Å². The molecule has 0 rings (SSSR count). The first-order valence-electron chi connectivity index (χ1n) is 14.6. The van der Waals surface area contributed by atoms with Crippen LogP contribution in [0.25, 0.3) is 0 Å². The number of amides is 5. The molecular formula is C26H50N10O7S2. The predicted molar refractivity (Wildman–Crippen MR) is 175 cm³/mol. The number of hydrogen-bond donors (Lipinski definition) is 11. The highest BCUT2D eigenvalue weighted by molar-refractivity contribution is 7.98. The van der Waals surface area contributed by atoms with Crippen LogP contribution in [0.3, 0.4) is 0 Å². The number of aliphatic carboxylic acids is 1. The number of guanidine groups is 1. The summed E-state index contributed by atoms with van der Waals surface area (Å²) < 4.78 is 0. The maximum absolute atomic E-state index is 13.4. The number of carboxylic acids is 1. The molecule has 258 valence electrons. The van der Waals surface area contributed by atoms with Crippen molar-refractivity contribution in [2.45, 2.75) is 69.1 Å². The largest absolute Gasteiger partial charge is 0.480 e. The lowest BCUT2D eigenvalue weighted by molar-refractivity contribution is -0.142. The van der Waals surface area contributed by atoms with Crippen molar-refractivity contribution in [1.82, 2.24) is 31.9 Å². The van der Waals surface area contributed by atoms with Gasteiger partial charge in [-0.3, -0.25) is 29.4 Å². The van der Waals surface area contributed by atoms with Gasteiger partial charge in [-0.25, -0.2) is 4.79 Å². The van der Waals surface area contributed by atoms with Gasteiger partial charge in [-0.15, -0.1) is 0 Å². The van der Waals surface area contributed by atoms with Crippen LogP contribution in [0.4, 0.5) is 0 Å². The lowest BCUT2D eigenvalue weighted by atomic mass is 10.1. The summed E-state index contributed by atoms with van der Waals surface area (Å²) in [6, 6.07) is -4.21. The predicted octanol–water partition coefficient (Wildman–Crippen LogP) is -3.02. The van der Waals surface area contributed by atoms with Gasteiger partial charge in [0.15, 0.2) is 5.96 Å². The quantitative estimate of drug-likeness (QED) is 0.0261. The number of carboxylic acid groups (broad SMARTS) is 1. The molecule has 4 unspecified atom stereocenters. The zero-order chi connectivity index (χ0) is 34.2. The van der Waals surface area contributed by atoms with E-state index in [1.807, 2.05) is 12.5 Å². The first kappa shape index (κ1) is 41.7. The fraction of sp³-hybridized carbons (Fsp3) is 0.731. The molecular weight excluding hydrogens is 628 g/mol. The summed E-state index contributed by atoms with van der Waals surface area (Å²) in [5.74, 6) is -3.56. The van der Waals surface area contributed by atoms with Crippen molar-refractivity contribution < 1.29 is 33.9 Å². The summed E-state index contributed by atoms with van der Waals surface area (Å²) in [6.07, 6.45) is 5.91. The van der Waals surface area contributed by atoms with Crippen molar-refractivity contribution in [3.63, 3.8) is 0 Å². The summed E-state index contributed by atoms with van der Waals surface area (Å²) in [6.45, 7) is -0.209. The van der Waals surface area contributed by atoms with Crippen LogP contribution in [-0.4, -0.2) is 121 Å². The Labute approximate surface area is 272 Å². The highest BCUT2D eigenvalue weighted by atomic mass is 32.2. The van der Waals surface area contributed by atoms with Gasteiger partial charge in [-0.05, 0) is 75.5 Å². The molecule has 19 heteroatoms. The van der Waals surface area contributed by atoms with E-state index in [1.54, 1.807) is 0 Å². The highest BCUT2D eigenvalue weighted by Crippen LogP contribution is 2.07. The molecule has 0 aromatic carbocycles. The van der Waals surface area contributed by atoms with Gasteiger partial charge in [0.05, 0.1) is 13.1 Å². The van der Waals surface area contributed by atoms with Crippen molar-refractivity contribution in [2.24, 2.45) is 17.2 Å². The molecule has 0 aromatic heterocycles. The Balaban J connectivity index is 5.47. The molecule has 0 radical (unpaired) electrons. The normalized spacial score (nSPS) is 13.3. The van der Waals surface area contributed by atoms with Crippen molar-refractivity contribution in [3.05, 3.63) is 0 Å². The van der Waals surface area contributed by atoms with E-state index in [0.717, 1.165) is 0 Å². The van der Waals surface area contributed by atoms with Gasteiger partial charge in [0.2, 0.25) is 29.5 Å². The number of carbonyl (C=O) groups is 6. The molecule has 14 N–H and O–H groups in total. The Kier molecular flexibility index (Phi) is 23.1. The number of rotatable bonds is 25. The molecule has 0 aromatic rings. The maximum Gasteiger partial charge on any atom is 0.326 e. The Morgan fingerprint density at radius 3 is 1.69 bits per heavy atom. The van der Waals surface area contributed by atoms with Gasteiger partial charge in [0.1, 0.15) is 24.2 Å². The molecule has 0 aliphatic carbocycles. The third-order valence-electron chi connectivity index (χ3n) is 6.31. The molecule has 0 fully saturated rings. The monoisotopic (exact) mass is 678 g/mol. The minimum Gasteiger partial charge on any atom is -0.480 e. The number of thioether (sulfide) groups is 2. The number of carbonyl (C=O) groups excluding carboxylic acids is 5. The number of nitrogens with two attached hydrogens (primary N) is 3. The second-order valence-electron chi connectivity index (χ2n) is 9.95. The standard InChI is InChI=1S/C26H50N10O7S2/c1-44-12-8-17(22(39)32-15-21(38)34-19(25(42)43)7-5-11-31-26(29)30)36-23(40)16(6-3-4-10-27)35-24(41)18(9-13-45-2)33-20(37)14-28/h16-19H,3-15,27-28H2,1-2H3,(H,32,39)(H,33,37)(H,34,38)(H,35,41)(H,36,40)(H,42,43)(H4,29,30,31). The average molecular weight is 679 g/mol. The zero-order valence-electron chi connectivity index (χ0n) is 25.9. The van der Waals surface area contributed by atoms with E-state index in [9.17, 15) is 33.9 Å². The first-order valence-corrected chi connectivity index (χ1v) is 17.3. The summed E-state index contributed by atoms with van der Waals surface area (Å²) in [5.41, 5.74) is 16.2. The topological polar surface area (TPSA) is 297 Å². The van der Waals surface area contributed by atoms with Crippen molar-refractivity contribution in [2.75, 3.05) is 50.2 Å². The van der Waals surface area contributed by atoms with Gasteiger partial charge in [-0.2, -0.15) is 23.5 Å². The van der Waals surface area contributed by atoms with E-state index in [0.29, 0.717) is 43.7 Å². The molecule has 0 heterocycles. The summed E-state index contributed by atoms with van der Waals surface area (Å²) >= 11 is 2.92. The molecule has 0 aliphatic heterocycles. The third kappa shape index (κ3) is 19.7. The van der Waals surface area contributed by atoms with E-state index in [-0.39, 0.29) is 38.3 Å². The van der Waals surface area contributed by atoms with Gasteiger partial charge >= 0.3 is 5.97 Å². The molecule has 0 bridgehead atoms. The maximum atomic E-state index is 13.4. The van der Waals surface area contributed by atoms with Gasteiger partial charge in [0.25, 0.3) is 0 Å². The molecule has 4 atom stereocenters. The fourth-order valence-corrected chi connectivity index (χ4v) is 4.83. The molecule has 0 spiro atoms. The number of nitrogens with one attached hydrogen (secondary N) is 7. The van der Waals surface area contributed by atoms with Gasteiger partial charge in [-0.1, -0.05) is 0 Å². The van der Waals surface area contributed by atoms with E-state index < -0.39 is 66.2 Å². The molecule has 45 heavy (non-hydrogen) atoms. The smallest absolute Gasteiger partial charge is 0.326 e. The molecule has 0 saturated heterocycles. The summed E-state index contributed by atoms with van der Waals surface area (Å²) in [7, 11) is 0. The average Bonchev–Trinajstić information content (AvgIpc) is 3.00. The molecule has 5 amide bonds. The van der Waals surface area contributed by atoms with E-state index in [2.05, 4.69) is 31.9 Å². The lowest BCUT2D eigenvalue weighted by Gasteiger charge is -2.25. The summed E-state index contributed by atoms with van der Waals surface area (Å²) in [4.78, 5) is 75.4. The van der Waals surface area contributed by atoms with Crippen LogP contribution in [0.1, 0.15) is 44.9 Å². The zero-order valence-corrected chi connectivity index (χ0v) is 27.6. The minimum atomic E-state index is -1.26. The summed E-state index contributed by atoms with van der Waals surface area (Å²) in [5, 5.41) is 31.8. The van der Waals surface area contributed by atoms with Crippen LogP contribution >= 0.6 is 23.5 Å². The van der Waals surface area contributed by atoms with Crippen LogP contribution in [0.5, 0.6) is 0 Å². The fourth-order valence-electron chi connectivity index (χ4n) is 3.89. The van der Waals surface area contributed by atoms with Crippen LogP contribution in [0, 0.1) is 5.41 Å². The first-order chi connectivity index (χ1) is 21.4. The van der Waals surface area contributed by atoms with Gasteiger partial charge in [0, 0.05) is 6.54 Å². The van der Waals surface area contributed by atoms with Crippen molar-refractivity contribution >= 4 is 65.0 Å².